The highest BCUT2D eigenvalue weighted by Gasteiger charge is 2.08. The van der Waals surface area contributed by atoms with Gasteiger partial charge in [-0.15, -0.1) is 5.10 Å². The second-order valence-electron chi connectivity index (χ2n) is 4.63. The molecule has 0 unspecified atom stereocenters. The van der Waals surface area contributed by atoms with Crippen LogP contribution in [0.5, 0.6) is 0 Å². The highest BCUT2D eigenvalue weighted by atomic mass is 35.5. The molecule has 1 heterocycles. The largest absolute Gasteiger partial charge is 0.395 e. The Morgan fingerprint density at radius 3 is 2.65 bits per heavy atom. The lowest BCUT2D eigenvalue weighted by Gasteiger charge is -2.18. The number of rotatable bonds is 7. The van der Waals surface area contributed by atoms with Crippen molar-refractivity contribution in [3.63, 3.8) is 0 Å². The van der Waals surface area contributed by atoms with E-state index < -0.39 is 0 Å². The molecule has 0 aliphatic rings. The van der Waals surface area contributed by atoms with Crippen LogP contribution < -0.4 is 0 Å². The Morgan fingerprint density at radius 2 is 2.00 bits per heavy atom. The minimum absolute atomic E-state index is 0.158. The molecule has 1 aromatic carbocycles. The fourth-order valence-electron chi connectivity index (χ4n) is 2.05. The summed E-state index contributed by atoms with van der Waals surface area (Å²) in [5.41, 5.74) is 1.82. The van der Waals surface area contributed by atoms with E-state index in [0.29, 0.717) is 18.1 Å². The van der Waals surface area contributed by atoms with Crippen LogP contribution in [0.2, 0.25) is 5.02 Å². The summed E-state index contributed by atoms with van der Waals surface area (Å²) in [5, 5.41) is 18.1. The van der Waals surface area contributed by atoms with Crippen LogP contribution in [0.4, 0.5) is 0 Å². The molecule has 108 valence electrons. The summed E-state index contributed by atoms with van der Waals surface area (Å²) in [5.74, 6) is 0. The van der Waals surface area contributed by atoms with Crippen molar-refractivity contribution in [1.82, 2.24) is 19.9 Å². The Bertz CT molecular complexity index is 520. The number of aliphatic hydroxyl groups is 1. The standard InChI is InChI=1S/C14H19ClN4O/c1-2-7-18(8-9-20)10-13-11-19(17-16-13)14-5-3-12(15)4-6-14/h3-6,11,20H,2,7-10H2,1H3. The molecule has 0 saturated carbocycles. The van der Waals surface area contributed by atoms with Crippen molar-refractivity contribution in [2.45, 2.75) is 19.9 Å². The molecule has 0 aliphatic heterocycles. The zero-order valence-electron chi connectivity index (χ0n) is 11.5. The minimum atomic E-state index is 0.158. The molecule has 0 bridgehead atoms. The quantitative estimate of drug-likeness (QED) is 0.850. The number of aromatic nitrogens is 3. The van der Waals surface area contributed by atoms with E-state index in [0.717, 1.165) is 24.3 Å². The van der Waals surface area contributed by atoms with Crippen LogP contribution >= 0.6 is 11.6 Å². The molecule has 0 radical (unpaired) electrons. The van der Waals surface area contributed by atoms with Gasteiger partial charge in [-0.1, -0.05) is 23.7 Å². The summed E-state index contributed by atoms with van der Waals surface area (Å²) in [6.07, 6.45) is 2.95. The van der Waals surface area contributed by atoms with Gasteiger partial charge in [0.05, 0.1) is 24.2 Å². The summed E-state index contributed by atoms with van der Waals surface area (Å²) in [6.45, 7) is 4.57. The van der Waals surface area contributed by atoms with Crippen LogP contribution in [0.3, 0.4) is 0 Å². The molecule has 2 aromatic rings. The van der Waals surface area contributed by atoms with Gasteiger partial charge in [0.15, 0.2) is 0 Å². The summed E-state index contributed by atoms with van der Waals surface area (Å²) in [7, 11) is 0. The van der Waals surface area contributed by atoms with E-state index in [1.165, 1.54) is 0 Å². The molecule has 0 amide bonds. The Hall–Kier alpha value is -1.43. The van der Waals surface area contributed by atoms with E-state index in [2.05, 4.69) is 22.1 Å². The van der Waals surface area contributed by atoms with E-state index in [4.69, 9.17) is 16.7 Å². The molecule has 0 saturated heterocycles. The maximum absolute atomic E-state index is 9.06. The fourth-order valence-corrected chi connectivity index (χ4v) is 2.17. The first-order valence-corrected chi connectivity index (χ1v) is 7.11. The monoisotopic (exact) mass is 294 g/mol. The first-order valence-electron chi connectivity index (χ1n) is 6.73. The lowest BCUT2D eigenvalue weighted by Crippen LogP contribution is -2.27. The van der Waals surface area contributed by atoms with Gasteiger partial charge in [0, 0.05) is 18.1 Å². The predicted octanol–water partition coefficient (Wildman–Crippen LogP) is 2.12. The number of nitrogens with zero attached hydrogens (tertiary/aromatic N) is 4. The Kier molecular flexibility index (Phi) is 5.52. The third kappa shape index (κ3) is 4.03. The van der Waals surface area contributed by atoms with Crippen molar-refractivity contribution in [3.8, 4) is 5.69 Å². The molecule has 0 fully saturated rings. The molecule has 0 aliphatic carbocycles. The van der Waals surface area contributed by atoms with Crippen molar-refractivity contribution < 1.29 is 5.11 Å². The average Bonchev–Trinajstić information content (AvgIpc) is 2.89. The molecule has 1 aromatic heterocycles. The van der Waals surface area contributed by atoms with E-state index in [9.17, 15) is 0 Å². The summed E-state index contributed by atoms with van der Waals surface area (Å²) < 4.78 is 1.73. The van der Waals surface area contributed by atoms with Gasteiger partial charge in [0.1, 0.15) is 0 Å². The lowest BCUT2D eigenvalue weighted by atomic mass is 10.3. The highest BCUT2D eigenvalue weighted by molar-refractivity contribution is 6.30. The maximum Gasteiger partial charge on any atom is 0.0971 e. The second kappa shape index (κ2) is 7.38. The van der Waals surface area contributed by atoms with Gasteiger partial charge in [0.25, 0.3) is 0 Å². The molecule has 1 N–H and O–H groups in total. The third-order valence-corrected chi connectivity index (χ3v) is 3.23. The van der Waals surface area contributed by atoms with Crippen molar-refractivity contribution in [2.24, 2.45) is 0 Å². The topological polar surface area (TPSA) is 54.2 Å². The SMILES string of the molecule is CCCN(CCO)Cc1cn(-c2ccc(Cl)cc2)nn1. The lowest BCUT2D eigenvalue weighted by molar-refractivity contribution is 0.189. The number of hydrogen-bond acceptors (Lipinski definition) is 4. The van der Waals surface area contributed by atoms with Crippen LogP contribution in [0, 0.1) is 0 Å². The summed E-state index contributed by atoms with van der Waals surface area (Å²) >= 11 is 5.87. The van der Waals surface area contributed by atoms with E-state index in [1.54, 1.807) is 4.68 Å². The van der Waals surface area contributed by atoms with Gasteiger partial charge in [0.2, 0.25) is 0 Å². The number of aliphatic hydroxyl groups excluding tert-OH is 1. The zero-order chi connectivity index (χ0) is 14.4. The van der Waals surface area contributed by atoms with Gasteiger partial charge in [-0.05, 0) is 37.2 Å². The molecular weight excluding hydrogens is 276 g/mol. The second-order valence-corrected chi connectivity index (χ2v) is 5.07. The minimum Gasteiger partial charge on any atom is -0.395 e. The van der Waals surface area contributed by atoms with Crippen molar-refractivity contribution in [3.05, 3.63) is 41.2 Å². The van der Waals surface area contributed by atoms with Gasteiger partial charge in [-0.3, -0.25) is 4.90 Å². The van der Waals surface area contributed by atoms with E-state index in [1.807, 2.05) is 30.5 Å². The van der Waals surface area contributed by atoms with Crippen LogP contribution in [0.15, 0.2) is 30.5 Å². The number of hydrogen-bond donors (Lipinski definition) is 1. The van der Waals surface area contributed by atoms with E-state index >= 15 is 0 Å². The van der Waals surface area contributed by atoms with Crippen molar-refractivity contribution in [2.75, 3.05) is 19.7 Å². The van der Waals surface area contributed by atoms with Crippen LogP contribution in [-0.4, -0.2) is 44.7 Å². The predicted molar refractivity (Wildman–Crippen MR) is 79.0 cm³/mol. The Morgan fingerprint density at radius 1 is 1.25 bits per heavy atom. The smallest absolute Gasteiger partial charge is 0.0971 e. The molecule has 6 heteroatoms. The van der Waals surface area contributed by atoms with Crippen LogP contribution in [-0.2, 0) is 6.54 Å². The summed E-state index contributed by atoms with van der Waals surface area (Å²) in [4.78, 5) is 2.16. The maximum atomic E-state index is 9.06. The highest BCUT2D eigenvalue weighted by Crippen LogP contribution is 2.13. The van der Waals surface area contributed by atoms with E-state index in [-0.39, 0.29) is 6.61 Å². The molecule has 2 rings (SSSR count). The third-order valence-electron chi connectivity index (χ3n) is 2.97. The number of benzene rings is 1. The zero-order valence-corrected chi connectivity index (χ0v) is 12.3. The first-order chi connectivity index (χ1) is 9.72. The van der Waals surface area contributed by atoms with Gasteiger partial charge in [-0.2, -0.15) is 0 Å². The van der Waals surface area contributed by atoms with Gasteiger partial charge < -0.3 is 5.11 Å². The van der Waals surface area contributed by atoms with Gasteiger partial charge in [-0.25, -0.2) is 4.68 Å². The molecule has 0 atom stereocenters. The molecule has 5 nitrogen and oxygen atoms in total. The van der Waals surface area contributed by atoms with Crippen LogP contribution in [0.1, 0.15) is 19.0 Å². The summed E-state index contributed by atoms with van der Waals surface area (Å²) in [6, 6.07) is 7.46. The normalized spacial score (nSPS) is 11.2. The number of halogens is 1. The first kappa shape index (κ1) is 15.0. The molecule has 0 spiro atoms. The average molecular weight is 295 g/mol. The fraction of sp³-hybridized carbons (Fsp3) is 0.429. The van der Waals surface area contributed by atoms with Gasteiger partial charge >= 0.3 is 0 Å². The Labute approximate surface area is 123 Å². The van der Waals surface area contributed by atoms with Crippen molar-refractivity contribution in [1.29, 1.82) is 0 Å². The van der Waals surface area contributed by atoms with Crippen LogP contribution in [0.25, 0.3) is 5.69 Å². The Balaban J connectivity index is 2.06. The molecular formula is C14H19ClN4O. The molecule has 20 heavy (non-hydrogen) atoms. The van der Waals surface area contributed by atoms with Crippen molar-refractivity contribution >= 4 is 11.6 Å².